The van der Waals surface area contributed by atoms with Gasteiger partial charge < -0.3 is 10.1 Å². The fourth-order valence-corrected chi connectivity index (χ4v) is 2.32. The molecule has 1 unspecified atom stereocenters. The van der Waals surface area contributed by atoms with Crippen LogP contribution in [0.4, 0.5) is 0 Å². The standard InChI is InChI=1S/C17H25N3O/c1-4-10-18-14(2)16-7-5-6-8-17(16)21-11-9-15-12-19-20(3)13-15/h5-8,12-14,18H,4,9-11H2,1-3H3. The Bertz CT molecular complexity index is 550. The Morgan fingerprint density at radius 1 is 1.33 bits per heavy atom. The SMILES string of the molecule is CCCNC(C)c1ccccc1OCCc1cnn(C)c1. The smallest absolute Gasteiger partial charge is 0.124 e. The van der Waals surface area contributed by atoms with Gasteiger partial charge in [-0.2, -0.15) is 5.10 Å². The van der Waals surface area contributed by atoms with Crippen molar-refractivity contribution in [2.45, 2.75) is 32.7 Å². The van der Waals surface area contributed by atoms with Crippen LogP contribution in [0.15, 0.2) is 36.7 Å². The molecule has 0 bridgehead atoms. The van der Waals surface area contributed by atoms with Gasteiger partial charge in [0.2, 0.25) is 0 Å². The topological polar surface area (TPSA) is 39.1 Å². The van der Waals surface area contributed by atoms with Gasteiger partial charge in [-0.15, -0.1) is 0 Å². The zero-order valence-electron chi connectivity index (χ0n) is 13.2. The first kappa shape index (κ1) is 15.6. The van der Waals surface area contributed by atoms with Gasteiger partial charge in [-0.3, -0.25) is 4.68 Å². The Morgan fingerprint density at radius 3 is 2.86 bits per heavy atom. The summed E-state index contributed by atoms with van der Waals surface area (Å²) in [7, 11) is 1.93. The molecule has 0 saturated carbocycles. The molecule has 1 aromatic carbocycles. The van der Waals surface area contributed by atoms with Gasteiger partial charge >= 0.3 is 0 Å². The normalized spacial score (nSPS) is 12.3. The van der Waals surface area contributed by atoms with Crippen LogP contribution < -0.4 is 10.1 Å². The van der Waals surface area contributed by atoms with Crippen molar-refractivity contribution in [2.24, 2.45) is 7.05 Å². The van der Waals surface area contributed by atoms with Gasteiger partial charge in [0.05, 0.1) is 12.8 Å². The lowest BCUT2D eigenvalue weighted by Gasteiger charge is -2.18. The minimum absolute atomic E-state index is 0.305. The summed E-state index contributed by atoms with van der Waals surface area (Å²) in [6.45, 7) is 6.05. The molecule has 0 aliphatic rings. The second kappa shape index (κ2) is 7.84. The second-order valence-electron chi connectivity index (χ2n) is 5.33. The molecule has 2 aromatic rings. The van der Waals surface area contributed by atoms with Crippen molar-refractivity contribution < 1.29 is 4.74 Å². The number of hydrogen-bond donors (Lipinski definition) is 1. The van der Waals surface area contributed by atoms with Gasteiger partial charge in [0.1, 0.15) is 5.75 Å². The minimum atomic E-state index is 0.305. The van der Waals surface area contributed by atoms with Gasteiger partial charge in [0.15, 0.2) is 0 Å². The first-order chi connectivity index (χ1) is 10.2. The van der Waals surface area contributed by atoms with E-state index in [2.05, 4.69) is 36.4 Å². The first-order valence-corrected chi connectivity index (χ1v) is 7.63. The van der Waals surface area contributed by atoms with Crippen LogP contribution in [-0.4, -0.2) is 22.9 Å². The monoisotopic (exact) mass is 287 g/mol. The van der Waals surface area contributed by atoms with Gasteiger partial charge in [-0.05, 0) is 31.5 Å². The summed E-state index contributed by atoms with van der Waals surface area (Å²) in [6, 6.07) is 8.57. The molecule has 0 aliphatic carbocycles. The fourth-order valence-electron chi connectivity index (χ4n) is 2.32. The highest BCUT2D eigenvalue weighted by molar-refractivity contribution is 5.35. The summed E-state index contributed by atoms with van der Waals surface area (Å²) in [5, 5.41) is 7.68. The Balaban J connectivity index is 1.93. The molecular formula is C17H25N3O. The molecule has 114 valence electrons. The fraction of sp³-hybridized carbons (Fsp3) is 0.471. The quantitative estimate of drug-likeness (QED) is 0.811. The van der Waals surface area contributed by atoms with Gasteiger partial charge in [0.25, 0.3) is 0 Å². The van der Waals surface area contributed by atoms with E-state index in [1.165, 1.54) is 11.1 Å². The number of rotatable bonds is 8. The van der Waals surface area contributed by atoms with Crippen LogP contribution in [0.1, 0.15) is 37.4 Å². The van der Waals surface area contributed by atoms with Crippen molar-refractivity contribution in [3.63, 3.8) is 0 Å². The average Bonchev–Trinajstić information content (AvgIpc) is 2.91. The van der Waals surface area contributed by atoms with E-state index >= 15 is 0 Å². The van der Waals surface area contributed by atoms with Crippen molar-refractivity contribution >= 4 is 0 Å². The highest BCUT2D eigenvalue weighted by Gasteiger charge is 2.10. The molecule has 1 N–H and O–H groups in total. The van der Waals surface area contributed by atoms with E-state index < -0.39 is 0 Å². The number of nitrogens with one attached hydrogen (secondary N) is 1. The van der Waals surface area contributed by atoms with Gasteiger partial charge in [0, 0.05) is 31.3 Å². The van der Waals surface area contributed by atoms with E-state index in [0.29, 0.717) is 12.6 Å². The summed E-state index contributed by atoms with van der Waals surface area (Å²) >= 11 is 0. The molecule has 0 saturated heterocycles. The van der Waals surface area contributed by atoms with Crippen molar-refractivity contribution in [3.05, 3.63) is 47.8 Å². The minimum Gasteiger partial charge on any atom is -0.493 e. The number of aromatic nitrogens is 2. The molecule has 21 heavy (non-hydrogen) atoms. The molecule has 0 radical (unpaired) electrons. The number of ether oxygens (including phenoxy) is 1. The largest absolute Gasteiger partial charge is 0.493 e. The average molecular weight is 287 g/mol. The van der Waals surface area contributed by atoms with Crippen LogP contribution in [0.2, 0.25) is 0 Å². The van der Waals surface area contributed by atoms with Crippen LogP contribution in [0.25, 0.3) is 0 Å². The number of aryl methyl sites for hydroxylation is 1. The summed E-state index contributed by atoms with van der Waals surface area (Å²) in [4.78, 5) is 0. The Kier molecular flexibility index (Phi) is 5.81. The molecule has 4 nitrogen and oxygen atoms in total. The van der Waals surface area contributed by atoms with E-state index in [4.69, 9.17) is 4.74 Å². The van der Waals surface area contributed by atoms with Crippen molar-refractivity contribution in [3.8, 4) is 5.75 Å². The van der Waals surface area contributed by atoms with Gasteiger partial charge in [-0.1, -0.05) is 25.1 Å². The lowest BCUT2D eigenvalue weighted by molar-refractivity contribution is 0.315. The zero-order valence-corrected chi connectivity index (χ0v) is 13.2. The van der Waals surface area contributed by atoms with E-state index in [-0.39, 0.29) is 0 Å². The third-order valence-corrected chi connectivity index (χ3v) is 3.49. The van der Waals surface area contributed by atoms with E-state index in [1.807, 2.05) is 36.3 Å². The van der Waals surface area contributed by atoms with Crippen LogP contribution >= 0.6 is 0 Å². The molecule has 0 fully saturated rings. The van der Waals surface area contributed by atoms with Gasteiger partial charge in [-0.25, -0.2) is 0 Å². The highest BCUT2D eigenvalue weighted by atomic mass is 16.5. The molecule has 0 amide bonds. The summed E-state index contributed by atoms with van der Waals surface area (Å²) in [5.41, 5.74) is 2.42. The zero-order chi connectivity index (χ0) is 15.1. The maximum absolute atomic E-state index is 5.97. The second-order valence-corrected chi connectivity index (χ2v) is 5.33. The molecule has 2 rings (SSSR count). The van der Waals surface area contributed by atoms with Crippen LogP contribution in [0.3, 0.4) is 0 Å². The molecule has 1 aromatic heterocycles. The third-order valence-electron chi connectivity index (χ3n) is 3.49. The predicted octanol–water partition coefficient (Wildman–Crippen LogP) is 3.10. The van der Waals surface area contributed by atoms with E-state index in [0.717, 1.165) is 25.1 Å². The predicted molar refractivity (Wildman–Crippen MR) is 85.6 cm³/mol. The summed E-state index contributed by atoms with van der Waals surface area (Å²) in [6.07, 6.45) is 5.93. The maximum Gasteiger partial charge on any atom is 0.124 e. The van der Waals surface area contributed by atoms with E-state index in [1.54, 1.807) is 0 Å². The number of benzene rings is 1. The van der Waals surface area contributed by atoms with Crippen LogP contribution in [0.5, 0.6) is 5.75 Å². The highest BCUT2D eigenvalue weighted by Crippen LogP contribution is 2.24. The maximum atomic E-state index is 5.97. The van der Waals surface area contributed by atoms with Crippen molar-refractivity contribution in [2.75, 3.05) is 13.2 Å². The summed E-state index contributed by atoms with van der Waals surface area (Å²) in [5.74, 6) is 0.970. The third kappa shape index (κ3) is 4.60. The molecule has 4 heteroatoms. The lowest BCUT2D eigenvalue weighted by atomic mass is 10.1. The first-order valence-electron chi connectivity index (χ1n) is 7.63. The molecular weight excluding hydrogens is 262 g/mol. The van der Waals surface area contributed by atoms with Crippen molar-refractivity contribution in [1.29, 1.82) is 0 Å². The number of para-hydroxylation sites is 1. The lowest BCUT2D eigenvalue weighted by Crippen LogP contribution is -2.20. The molecule has 1 heterocycles. The van der Waals surface area contributed by atoms with E-state index in [9.17, 15) is 0 Å². The molecule has 1 atom stereocenters. The van der Waals surface area contributed by atoms with Crippen molar-refractivity contribution in [1.82, 2.24) is 15.1 Å². The molecule has 0 spiro atoms. The Morgan fingerprint density at radius 2 is 2.14 bits per heavy atom. The van der Waals surface area contributed by atoms with Crippen LogP contribution in [-0.2, 0) is 13.5 Å². The Labute approximate surface area is 127 Å². The summed E-state index contributed by atoms with van der Waals surface area (Å²) < 4.78 is 7.79. The number of hydrogen-bond acceptors (Lipinski definition) is 3. The number of nitrogens with zero attached hydrogens (tertiary/aromatic N) is 2. The molecule has 0 aliphatic heterocycles. The Hall–Kier alpha value is -1.81. The van der Waals surface area contributed by atoms with Crippen LogP contribution in [0, 0.1) is 0 Å².